The van der Waals surface area contributed by atoms with Crippen LogP contribution in [0.5, 0.6) is 5.75 Å². The minimum Gasteiger partial charge on any atom is -0.487 e. The summed E-state index contributed by atoms with van der Waals surface area (Å²) >= 11 is 0. The first-order chi connectivity index (χ1) is 17.8. The van der Waals surface area contributed by atoms with Crippen LogP contribution in [-0.2, 0) is 18.4 Å². The number of aliphatic hydroxyl groups is 1. The molecule has 202 valence electrons. The van der Waals surface area contributed by atoms with Gasteiger partial charge in [-0.2, -0.15) is 0 Å². The van der Waals surface area contributed by atoms with Crippen LogP contribution in [0.4, 0.5) is 22.0 Å². The second kappa shape index (κ2) is 10.5. The molecule has 2 N–H and O–H groups in total. The Labute approximate surface area is 218 Å². The van der Waals surface area contributed by atoms with Gasteiger partial charge in [0.25, 0.3) is 5.92 Å². The Morgan fingerprint density at radius 2 is 1.84 bits per heavy atom. The molecule has 0 bridgehead atoms. The van der Waals surface area contributed by atoms with E-state index in [-0.39, 0.29) is 24.3 Å². The first kappa shape index (κ1) is 27.7. The van der Waals surface area contributed by atoms with Gasteiger partial charge in [0.1, 0.15) is 17.8 Å². The van der Waals surface area contributed by atoms with Gasteiger partial charge < -0.3 is 15.3 Å². The molecule has 0 fully saturated rings. The van der Waals surface area contributed by atoms with Crippen molar-refractivity contribution in [1.29, 1.82) is 5.41 Å². The van der Waals surface area contributed by atoms with E-state index < -0.39 is 47.7 Å². The third-order valence-corrected chi connectivity index (χ3v) is 7.01. The number of hydrogen-bond acceptors (Lipinski definition) is 4. The van der Waals surface area contributed by atoms with Gasteiger partial charge in [0.2, 0.25) is 0 Å². The number of alkyl halides is 2. The molecule has 1 aliphatic rings. The monoisotopic (exact) mass is 532 g/mol. The molecule has 4 nitrogen and oxygen atoms in total. The van der Waals surface area contributed by atoms with E-state index >= 15 is 0 Å². The number of nitrogens with zero attached hydrogens (tertiary/aromatic N) is 1. The fraction of sp³-hybridized carbons (Fsp3) is 0.345. The molecule has 3 aromatic carbocycles. The molecule has 3 aromatic rings. The Morgan fingerprint density at radius 3 is 2.53 bits per heavy atom. The second-order valence-corrected chi connectivity index (χ2v) is 10.2. The minimum atomic E-state index is -3.00. The molecule has 1 heterocycles. The van der Waals surface area contributed by atoms with E-state index in [1.54, 1.807) is 43.0 Å². The maximum Gasteiger partial charge on any atom is 0.278 e. The summed E-state index contributed by atoms with van der Waals surface area (Å²) in [5, 5.41) is 19.2. The third-order valence-electron chi connectivity index (χ3n) is 7.01. The Hall–Kier alpha value is -3.30. The first-order valence-electron chi connectivity index (χ1n) is 12.1. The van der Waals surface area contributed by atoms with Crippen molar-refractivity contribution in [2.75, 3.05) is 6.61 Å². The summed E-state index contributed by atoms with van der Waals surface area (Å²) in [7, 11) is 0. The van der Waals surface area contributed by atoms with Crippen molar-refractivity contribution in [2.24, 2.45) is 0 Å². The van der Waals surface area contributed by atoms with Crippen LogP contribution in [0.15, 0.2) is 54.6 Å². The van der Waals surface area contributed by atoms with Gasteiger partial charge >= 0.3 is 0 Å². The summed E-state index contributed by atoms with van der Waals surface area (Å²) in [6.07, 6.45) is -0.258. The Balaban J connectivity index is 1.80. The number of benzene rings is 3. The van der Waals surface area contributed by atoms with Gasteiger partial charge in [0.15, 0.2) is 18.2 Å². The molecular formula is C29H29F5N2O2. The Bertz CT molecular complexity index is 1340. The van der Waals surface area contributed by atoms with Crippen LogP contribution in [-0.4, -0.2) is 41.0 Å². The number of aliphatic hydroxyl groups excluding tert-OH is 1. The summed E-state index contributed by atoms with van der Waals surface area (Å²) in [5.74, 6) is -6.17. The molecule has 0 amide bonds. The van der Waals surface area contributed by atoms with Crippen molar-refractivity contribution in [1.82, 2.24) is 4.90 Å². The van der Waals surface area contributed by atoms with Crippen molar-refractivity contribution in [3.05, 3.63) is 88.7 Å². The van der Waals surface area contributed by atoms with Crippen LogP contribution in [0.1, 0.15) is 37.5 Å². The van der Waals surface area contributed by atoms with Gasteiger partial charge in [-0.3, -0.25) is 4.90 Å². The van der Waals surface area contributed by atoms with Gasteiger partial charge in [-0.25, -0.2) is 22.0 Å². The lowest BCUT2D eigenvalue weighted by Gasteiger charge is -2.48. The van der Waals surface area contributed by atoms with Crippen LogP contribution in [0.25, 0.3) is 11.1 Å². The number of halogens is 5. The number of nitrogens with one attached hydrogen (secondary N) is 1. The van der Waals surface area contributed by atoms with E-state index in [2.05, 4.69) is 0 Å². The van der Waals surface area contributed by atoms with E-state index in [1.165, 1.54) is 6.21 Å². The zero-order valence-electron chi connectivity index (χ0n) is 21.2. The highest BCUT2D eigenvalue weighted by molar-refractivity contribution is 5.68. The van der Waals surface area contributed by atoms with E-state index in [9.17, 15) is 27.1 Å². The van der Waals surface area contributed by atoms with E-state index in [4.69, 9.17) is 10.1 Å². The lowest BCUT2D eigenvalue weighted by molar-refractivity contribution is -0.0746. The van der Waals surface area contributed by atoms with Crippen molar-refractivity contribution in [2.45, 2.75) is 57.3 Å². The summed E-state index contributed by atoms with van der Waals surface area (Å²) in [5.41, 5.74) is 1.35. The molecule has 38 heavy (non-hydrogen) atoms. The Kier molecular flexibility index (Phi) is 7.63. The fourth-order valence-corrected chi connectivity index (χ4v) is 4.97. The maximum absolute atomic E-state index is 14.7. The maximum atomic E-state index is 14.7. The highest BCUT2D eigenvalue weighted by atomic mass is 19.3. The molecule has 1 aliphatic heterocycles. The van der Waals surface area contributed by atoms with Crippen molar-refractivity contribution < 1.29 is 31.8 Å². The van der Waals surface area contributed by atoms with E-state index in [0.717, 1.165) is 18.6 Å². The van der Waals surface area contributed by atoms with Crippen molar-refractivity contribution in [3.8, 4) is 16.9 Å². The zero-order chi connectivity index (χ0) is 27.8. The summed E-state index contributed by atoms with van der Waals surface area (Å²) < 4.78 is 74.6. The van der Waals surface area contributed by atoms with Crippen LogP contribution in [0.2, 0.25) is 0 Å². The predicted octanol–water partition coefficient (Wildman–Crippen LogP) is 6.48. The average Bonchev–Trinajstić information content (AvgIpc) is 2.87. The Morgan fingerprint density at radius 1 is 1.13 bits per heavy atom. The lowest BCUT2D eigenvalue weighted by atomic mass is 9.70. The summed E-state index contributed by atoms with van der Waals surface area (Å²) in [6.45, 7) is 3.71. The number of rotatable bonds is 8. The van der Waals surface area contributed by atoms with Crippen LogP contribution >= 0.6 is 0 Å². The van der Waals surface area contributed by atoms with Crippen molar-refractivity contribution in [3.63, 3.8) is 0 Å². The molecular weight excluding hydrogens is 503 g/mol. The predicted molar refractivity (Wildman–Crippen MR) is 135 cm³/mol. The molecule has 0 aromatic heterocycles. The molecule has 0 aliphatic carbocycles. The first-order valence-corrected chi connectivity index (χ1v) is 12.1. The van der Waals surface area contributed by atoms with Gasteiger partial charge in [0, 0.05) is 37.2 Å². The van der Waals surface area contributed by atoms with E-state index in [0.29, 0.717) is 22.8 Å². The molecule has 9 heteroatoms. The van der Waals surface area contributed by atoms with Gasteiger partial charge in [-0.1, -0.05) is 37.3 Å². The van der Waals surface area contributed by atoms with Gasteiger partial charge in [-0.05, 0) is 59.4 Å². The molecule has 3 unspecified atom stereocenters. The third kappa shape index (κ3) is 5.59. The van der Waals surface area contributed by atoms with Crippen LogP contribution in [0.3, 0.4) is 0 Å². The van der Waals surface area contributed by atoms with Gasteiger partial charge in [-0.15, -0.1) is 0 Å². The number of ether oxygens (including phenoxy) is 1. The largest absolute Gasteiger partial charge is 0.487 e. The quantitative estimate of drug-likeness (QED) is 0.198. The van der Waals surface area contributed by atoms with E-state index in [1.807, 2.05) is 18.2 Å². The molecule has 0 saturated carbocycles. The van der Waals surface area contributed by atoms with Gasteiger partial charge in [0.05, 0.1) is 0 Å². The average molecular weight is 533 g/mol. The number of fused-ring (bicyclic) bond motifs is 1. The molecule has 4 rings (SSSR count). The van der Waals surface area contributed by atoms with Crippen LogP contribution < -0.4 is 4.74 Å². The normalized spacial score (nSPS) is 20.6. The highest BCUT2D eigenvalue weighted by Gasteiger charge is 2.45. The highest BCUT2D eigenvalue weighted by Crippen LogP contribution is 2.43. The summed E-state index contributed by atoms with van der Waals surface area (Å²) in [6, 6.07) is 13.1. The lowest BCUT2D eigenvalue weighted by Crippen LogP contribution is -2.57. The second-order valence-electron chi connectivity index (χ2n) is 10.2. The van der Waals surface area contributed by atoms with Crippen LogP contribution in [0, 0.1) is 22.9 Å². The zero-order valence-corrected chi connectivity index (χ0v) is 21.2. The number of hydrogen-bond donors (Lipinski definition) is 2. The molecule has 3 atom stereocenters. The molecule has 0 saturated heterocycles. The SMILES string of the molecule is CC(C=N)N1Cc2ccc(-c3cccc(OCC(C)(F)F)c3)cc2C(C)(Cc2cc(F)cc(F)c2F)C1O. The topological polar surface area (TPSA) is 56.6 Å². The summed E-state index contributed by atoms with van der Waals surface area (Å²) in [4.78, 5) is 1.67. The standard InChI is InChI=1S/C29H29F5N2O2/c1-17(14-35)36-15-20-8-7-19(18-5-4-6-23(10-18)38-16-29(3,33)34)11-24(20)28(2,27(36)37)13-21-9-22(30)12-25(31)26(21)32/h4-12,14,17,27,35,37H,13,15-16H2,1-3H3. The molecule has 0 spiro atoms. The van der Waals surface area contributed by atoms with Crippen molar-refractivity contribution >= 4 is 6.21 Å². The fourth-order valence-electron chi connectivity index (χ4n) is 4.97. The smallest absolute Gasteiger partial charge is 0.278 e. The molecule has 0 radical (unpaired) electrons. The minimum absolute atomic E-state index is 0.221.